The van der Waals surface area contributed by atoms with Gasteiger partial charge in [0.2, 0.25) is 0 Å². The highest BCUT2D eigenvalue weighted by Crippen LogP contribution is 2.20. The van der Waals surface area contributed by atoms with Gasteiger partial charge in [0.25, 0.3) is 0 Å². The number of piperidine rings is 1. The molecule has 20 heavy (non-hydrogen) atoms. The minimum atomic E-state index is 0.112. The third-order valence-corrected chi connectivity index (χ3v) is 4.46. The summed E-state index contributed by atoms with van der Waals surface area (Å²) in [5.41, 5.74) is 1.30. The first-order valence-electron chi connectivity index (χ1n) is 7.23. The van der Waals surface area contributed by atoms with Crippen LogP contribution in [0.15, 0.2) is 24.3 Å². The molecule has 4 nitrogen and oxygen atoms in total. The van der Waals surface area contributed by atoms with E-state index in [1.165, 1.54) is 5.56 Å². The van der Waals surface area contributed by atoms with Crippen LogP contribution in [0, 0.1) is 0 Å². The van der Waals surface area contributed by atoms with Crippen molar-refractivity contribution in [1.82, 2.24) is 15.1 Å². The zero-order chi connectivity index (χ0) is 13.9. The maximum atomic E-state index is 11.7. The van der Waals surface area contributed by atoms with E-state index in [4.69, 9.17) is 11.6 Å². The standard InChI is InChI=1S/C15H20ClN3O/c16-13-3-1-12(2-4-13)11-18-8-5-14(6-9-18)19-10-7-17-15(19)20/h1-4,14H,5-11H2,(H,17,20). The summed E-state index contributed by atoms with van der Waals surface area (Å²) in [7, 11) is 0. The summed E-state index contributed by atoms with van der Waals surface area (Å²) < 4.78 is 0. The van der Waals surface area contributed by atoms with E-state index in [9.17, 15) is 4.79 Å². The lowest BCUT2D eigenvalue weighted by molar-refractivity contribution is 0.132. The highest BCUT2D eigenvalue weighted by Gasteiger charge is 2.30. The Balaban J connectivity index is 1.51. The number of hydrogen-bond donors (Lipinski definition) is 1. The van der Waals surface area contributed by atoms with Crippen LogP contribution in [0.25, 0.3) is 0 Å². The second kappa shape index (κ2) is 6.02. The van der Waals surface area contributed by atoms with Gasteiger partial charge < -0.3 is 10.2 Å². The van der Waals surface area contributed by atoms with Crippen molar-refractivity contribution in [2.75, 3.05) is 26.2 Å². The normalized spacial score (nSPS) is 21.2. The molecular formula is C15H20ClN3O. The van der Waals surface area contributed by atoms with Crippen LogP contribution in [0.4, 0.5) is 4.79 Å². The quantitative estimate of drug-likeness (QED) is 0.928. The number of nitrogens with zero attached hydrogens (tertiary/aromatic N) is 2. The van der Waals surface area contributed by atoms with Crippen LogP contribution in [-0.2, 0) is 6.54 Å². The maximum absolute atomic E-state index is 11.7. The highest BCUT2D eigenvalue weighted by atomic mass is 35.5. The average Bonchev–Trinajstić information content (AvgIpc) is 2.89. The minimum absolute atomic E-state index is 0.112. The fraction of sp³-hybridized carbons (Fsp3) is 0.533. The van der Waals surface area contributed by atoms with Crippen molar-refractivity contribution in [3.63, 3.8) is 0 Å². The Labute approximate surface area is 124 Å². The first kappa shape index (κ1) is 13.7. The molecule has 1 aromatic rings. The molecule has 2 fully saturated rings. The zero-order valence-corrected chi connectivity index (χ0v) is 12.3. The zero-order valence-electron chi connectivity index (χ0n) is 11.5. The summed E-state index contributed by atoms with van der Waals surface area (Å²) in [4.78, 5) is 16.1. The van der Waals surface area contributed by atoms with E-state index in [-0.39, 0.29) is 6.03 Å². The summed E-state index contributed by atoms with van der Waals surface area (Å²) >= 11 is 5.90. The van der Waals surface area contributed by atoms with Crippen molar-refractivity contribution >= 4 is 17.6 Å². The van der Waals surface area contributed by atoms with Crippen LogP contribution in [0.5, 0.6) is 0 Å². The van der Waals surface area contributed by atoms with Crippen molar-refractivity contribution in [3.8, 4) is 0 Å². The monoisotopic (exact) mass is 293 g/mol. The Morgan fingerprint density at radius 2 is 1.85 bits per heavy atom. The lowest BCUT2D eigenvalue weighted by Crippen LogP contribution is -2.45. The van der Waals surface area contributed by atoms with Gasteiger partial charge in [0, 0.05) is 43.8 Å². The van der Waals surface area contributed by atoms with Crippen molar-refractivity contribution in [2.24, 2.45) is 0 Å². The summed E-state index contributed by atoms with van der Waals surface area (Å²) in [5, 5.41) is 3.67. The molecule has 2 heterocycles. The molecule has 2 aliphatic heterocycles. The molecule has 108 valence electrons. The van der Waals surface area contributed by atoms with E-state index in [1.807, 2.05) is 17.0 Å². The van der Waals surface area contributed by atoms with Crippen LogP contribution in [0.1, 0.15) is 18.4 Å². The van der Waals surface area contributed by atoms with Gasteiger partial charge in [-0.05, 0) is 30.5 Å². The molecular weight excluding hydrogens is 274 g/mol. The molecule has 2 saturated heterocycles. The molecule has 0 bridgehead atoms. The number of halogens is 1. The molecule has 0 radical (unpaired) electrons. The lowest BCUT2D eigenvalue weighted by Gasteiger charge is -2.36. The SMILES string of the molecule is O=C1NCCN1C1CCN(Cc2ccc(Cl)cc2)CC1. The number of urea groups is 1. The summed E-state index contributed by atoms with van der Waals surface area (Å²) in [6, 6.07) is 8.58. The van der Waals surface area contributed by atoms with E-state index < -0.39 is 0 Å². The number of nitrogens with one attached hydrogen (secondary N) is 1. The number of benzene rings is 1. The molecule has 0 saturated carbocycles. The first-order chi connectivity index (χ1) is 9.72. The van der Waals surface area contributed by atoms with E-state index in [0.29, 0.717) is 6.04 Å². The van der Waals surface area contributed by atoms with Crippen LogP contribution in [-0.4, -0.2) is 48.1 Å². The fourth-order valence-electron chi connectivity index (χ4n) is 3.07. The Morgan fingerprint density at radius 1 is 1.15 bits per heavy atom. The fourth-order valence-corrected chi connectivity index (χ4v) is 3.20. The van der Waals surface area contributed by atoms with Gasteiger partial charge >= 0.3 is 6.03 Å². The molecule has 1 aromatic carbocycles. The number of carbonyl (C=O) groups excluding carboxylic acids is 1. The molecule has 0 aromatic heterocycles. The topological polar surface area (TPSA) is 35.6 Å². The average molecular weight is 294 g/mol. The molecule has 1 N–H and O–H groups in total. The third kappa shape index (κ3) is 3.07. The Kier molecular flexibility index (Phi) is 4.13. The van der Waals surface area contributed by atoms with Crippen LogP contribution in [0.3, 0.4) is 0 Å². The summed E-state index contributed by atoms with van der Waals surface area (Å²) in [6.45, 7) is 4.73. The molecule has 2 aliphatic rings. The molecule has 5 heteroatoms. The summed E-state index contributed by atoms with van der Waals surface area (Å²) in [5.74, 6) is 0. The van der Waals surface area contributed by atoms with Crippen molar-refractivity contribution in [3.05, 3.63) is 34.9 Å². The van der Waals surface area contributed by atoms with Gasteiger partial charge in [-0.3, -0.25) is 4.90 Å². The summed E-state index contributed by atoms with van der Waals surface area (Å²) in [6.07, 6.45) is 2.14. The molecule has 0 atom stereocenters. The number of carbonyl (C=O) groups is 1. The Hall–Kier alpha value is -1.26. The van der Waals surface area contributed by atoms with Crippen LogP contribution < -0.4 is 5.32 Å². The largest absolute Gasteiger partial charge is 0.336 e. The van der Waals surface area contributed by atoms with E-state index in [0.717, 1.165) is 50.6 Å². The van der Waals surface area contributed by atoms with Gasteiger partial charge in [0.1, 0.15) is 0 Å². The second-order valence-electron chi connectivity index (χ2n) is 5.56. The van der Waals surface area contributed by atoms with E-state index in [1.54, 1.807) is 0 Å². The Morgan fingerprint density at radius 3 is 2.45 bits per heavy atom. The molecule has 0 spiro atoms. The molecule has 0 unspecified atom stereocenters. The highest BCUT2D eigenvalue weighted by molar-refractivity contribution is 6.30. The predicted molar refractivity (Wildman–Crippen MR) is 79.9 cm³/mol. The van der Waals surface area contributed by atoms with Crippen molar-refractivity contribution in [1.29, 1.82) is 0 Å². The van der Waals surface area contributed by atoms with E-state index in [2.05, 4.69) is 22.3 Å². The number of likely N-dealkylation sites (tertiary alicyclic amines) is 1. The third-order valence-electron chi connectivity index (χ3n) is 4.21. The minimum Gasteiger partial charge on any atom is -0.336 e. The number of hydrogen-bond acceptors (Lipinski definition) is 2. The predicted octanol–water partition coefficient (Wildman–Crippen LogP) is 2.33. The molecule has 0 aliphatic carbocycles. The lowest BCUT2D eigenvalue weighted by atomic mass is 10.0. The van der Waals surface area contributed by atoms with Gasteiger partial charge in [-0.1, -0.05) is 23.7 Å². The van der Waals surface area contributed by atoms with Gasteiger partial charge in [0.05, 0.1) is 0 Å². The number of amides is 2. The van der Waals surface area contributed by atoms with Gasteiger partial charge in [-0.15, -0.1) is 0 Å². The van der Waals surface area contributed by atoms with Crippen LogP contribution >= 0.6 is 11.6 Å². The number of rotatable bonds is 3. The van der Waals surface area contributed by atoms with Gasteiger partial charge in [0.15, 0.2) is 0 Å². The first-order valence-corrected chi connectivity index (χ1v) is 7.61. The van der Waals surface area contributed by atoms with Gasteiger partial charge in [-0.2, -0.15) is 0 Å². The van der Waals surface area contributed by atoms with Crippen LogP contribution in [0.2, 0.25) is 5.02 Å². The maximum Gasteiger partial charge on any atom is 0.317 e. The van der Waals surface area contributed by atoms with Gasteiger partial charge in [-0.25, -0.2) is 4.79 Å². The van der Waals surface area contributed by atoms with Crippen molar-refractivity contribution < 1.29 is 4.79 Å². The molecule has 2 amide bonds. The van der Waals surface area contributed by atoms with Crippen molar-refractivity contribution in [2.45, 2.75) is 25.4 Å². The smallest absolute Gasteiger partial charge is 0.317 e. The molecule has 3 rings (SSSR count). The second-order valence-corrected chi connectivity index (χ2v) is 6.00. The Bertz CT molecular complexity index is 469. The van der Waals surface area contributed by atoms with E-state index >= 15 is 0 Å².